The van der Waals surface area contributed by atoms with Gasteiger partial charge in [-0.15, -0.1) is 0 Å². The number of hydrogen-bond donors (Lipinski definition) is 1. The molecule has 2 aromatic rings. The second-order valence-electron chi connectivity index (χ2n) is 5.95. The quantitative estimate of drug-likeness (QED) is 0.871. The molecule has 1 unspecified atom stereocenters. The fraction of sp³-hybridized carbons (Fsp3) is 0.368. The third-order valence-corrected chi connectivity index (χ3v) is 3.74. The first-order valence-electron chi connectivity index (χ1n) is 7.96. The summed E-state index contributed by atoms with van der Waals surface area (Å²) in [4.78, 5) is 16.1. The molecule has 1 N–H and O–H groups in total. The molecule has 23 heavy (non-hydrogen) atoms. The minimum atomic E-state index is 0.0304. The molecule has 0 aliphatic carbocycles. The lowest BCUT2D eigenvalue weighted by Crippen LogP contribution is -2.28. The van der Waals surface area contributed by atoms with E-state index in [1.165, 1.54) is 0 Å². The van der Waals surface area contributed by atoms with Crippen molar-refractivity contribution in [2.24, 2.45) is 5.92 Å². The van der Waals surface area contributed by atoms with Gasteiger partial charge < -0.3 is 10.1 Å². The van der Waals surface area contributed by atoms with Crippen molar-refractivity contribution in [3.8, 4) is 11.6 Å². The zero-order chi connectivity index (χ0) is 16.8. The van der Waals surface area contributed by atoms with Gasteiger partial charge in [0.25, 0.3) is 0 Å². The molecule has 2 rings (SSSR count). The highest BCUT2D eigenvalue weighted by molar-refractivity contribution is 5.78. The van der Waals surface area contributed by atoms with Gasteiger partial charge in [-0.3, -0.25) is 4.79 Å². The van der Waals surface area contributed by atoms with Gasteiger partial charge in [0.1, 0.15) is 5.75 Å². The molecule has 0 saturated carbocycles. The molecule has 0 fully saturated rings. The van der Waals surface area contributed by atoms with Crippen LogP contribution in [0.4, 0.5) is 0 Å². The molecular weight excluding hydrogens is 288 g/mol. The molecule has 1 atom stereocenters. The molecule has 1 aromatic heterocycles. The number of rotatable bonds is 6. The summed E-state index contributed by atoms with van der Waals surface area (Å²) in [6.07, 6.45) is 2.53. The third kappa shape index (κ3) is 5.09. The Labute approximate surface area is 137 Å². The first-order chi connectivity index (χ1) is 11.0. The van der Waals surface area contributed by atoms with Crippen molar-refractivity contribution < 1.29 is 9.53 Å². The summed E-state index contributed by atoms with van der Waals surface area (Å²) < 4.78 is 5.83. The van der Waals surface area contributed by atoms with Gasteiger partial charge in [-0.05, 0) is 55.2 Å². The fourth-order valence-corrected chi connectivity index (χ4v) is 2.28. The maximum Gasteiger partial charge on any atom is 0.223 e. The van der Waals surface area contributed by atoms with Gasteiger partial charge >= 0.3 is 0 Å². The number of pyridine rings is 1. The van der Waals surface area contributed by atoms with E-state index >= 15 is 0 Å². The Morgan fingerprint density at radius 3 is 2.57 bits per heavy atom. The van der Waals surface area contributed by atoms with Gasteiger partial charge in [-0.1, -0.05) is 19.9 Å². The maximum atomic E-state index is 11.8. The Bertz CT molecular complexity index is 663. The zero-order valence-electron chi connectivity index (χ0n) is 14.2. The molecule has 0 spiro atoms. The number of nitrogens with one attached hydrogen (secondary N) is 1. The largest absolute Gasteiger partial charge is 0.439 e. The highest BCUT2D eigenvalue weighted by Crippen LogP contribution is 2.22. The predicted molar refractivity (Wildman–Crippen MR) is 91.5 cm³/mol. The number of carbonyl (C=O) groups excluding carboxylic acids is 1. The van der Waals surface area contributed by atoms with Crippen molar-refractivity contribution in [3.05, 3.63) is 53.2 Å². The molecule has 1 amide bonds. The summed E-state index contributed by atoms with van der Waals surface area (Å²) in [5.41, 5.74) is 3.27. The Morgan fingerprint density at radius 1 is 1.22 bits per heavy atom. The molecule has 122 valence electrons. The molecule has 4 heteroatoms. The number of aryl methyl sites for hydroxylation is 2. The van der Waals surface area contributed by atoms with Crippen molar-refractivity contribution in [2.45, 2.75) is 40.7 Å². The minimum Gasteiger partial charge on any atom is -0.439 e. The number of ether oxygens (including phenoxy) is 1. The molecule has 4 nitrogen and oxygen atoms in total. The lowest BCUT2D eigenvalue weighted by molar-refractivity contribution is -0.124. The zero-order valence-corrected chi connectivity index (χ0v) is 14.2. The van der Waals surface area contributed by atoms with Crippen LogP contribution in [0.2, 0.25) is 0 Å². The van der Waals surface area contributed by atoms with E-state index in [9.17, 15) is 4.79 Å². The second kappa shape index (κ2) is 7.77. The highest BCUT2D eigenvalue weighted by Gasteiger charge is 2.10. The van der Waals surface area contributed by atoms with Crippen LogP contribution in [-0.2, 0) is 11.3 Å². The lowest BCUT2D eigenvalue weighted by atomic mass is 10.1. The summed E-state index contributed by atoms with van der Waals surface area (Å²) in [5.74, 6) is 1.41. The van der Waals surface area contributed by atoms with E-state index in [2.05, 4.69) is 16.4 Å². The van der Waals surface area contributed by atoms with Gasteiger partial charge in [0.15, 0.2) is 0 Å². The van der Waals surface area contributed by atoms with Gasteiger partial charge in [-0.2, -0.15) is 0 Å². The van der Waals surface area contributed by atoms with Crippen LogP contribution in [-0.4, -0.2) is 10.9 Å². The molecule has 1 heterocycles. The van der Waals surface area contributed by atoms with Crippen LogP contribution in [0.25, 0.3) is 0 Å². The Hall–Kier alpha value is -2.36. The van der Waals surface area contributed by atoms with E-state index in [1.807, 2.05) is 52.0 Å². The smallest absolute Gasteiger partial charge is 0.223 e. The molecule has 1 aromatic carbocycles. The van der Waals surface area contributed by atoms with E-state index in [0.29, 0.717) is 12.4 Å². The SMILES string of the molecule is CCC(C)C(=O)NCc1ccnc(Oc2cc(C)cc(C)c2)c1. The lowest BCUT2D eigenvalue weighted by Gasteiger charge is -2.11. The van der Waals surface area contributed by atoms with Crippen LogP contribution < -0.4 is 10.1 Å². The summed E-state index contributed by atoms with van der Waals surface area (Å²) in [7, 11) is 0. The summed E-state index contributed by atoms with van der Waals surface area (Å²) in [5, 5.41) is 2.94. The summed E-state index contributed by atoms with van der Waals surface area (Å²) in [6.45, 7) is 8.49. The van der Waals surface area contributed by atoms with Crippen molar-refractivity contribution >= 4 is 5.91 Å². The highest BCUT2D eigenvalue weighted by atomic mass is 16.5. The van der Waals surface area contributed by atoms with Crippen molar-refractivity contribution in [1.82, 2.24) is 10.3 Å². The van der Waals surface area contributed by atoms with Crippen molar-refractivity contribution in [3.63, 3.8) is 0 Å². The number of nitrogens with zero attached hydrogens (tertiary/aromatic N) is 1. The first-order valence-corrected chi connectivity index (χ1v) is 7.96. The number of hydrogen-bond acceptors (Lipinski definition) is 3. The Balaban J connectivity index is 2.03. The molecule has 0 bridgehead atoms. The van der Waals surface area contributed by atoms with Crippen LogP contribution in [0.1, 0.15) is 37.0 Å². The van der Waals surface area contributed by atoms with Crippen LogP contribution in [0.15, 0.2) is 36.5 Å². The molecule has 0 radical (unpaired) electrons. The van der Waals surface area contributed by atoms with Gasteiger partial charge in [0.05, 0.1) is 0 Å². The average molecular weight is 312 g/mol. The number of aromatic nitrogens is 1. The predicted octanol–water partition coefficient (Wildman–Crippen LogP) is 4.15. The summed E-state index contributed by atoms with van der Waals surface area (Å²) in [6, 6.07) is 9.79. The van der Waals surface area contributed by atoms with E-state index in [0.717, 1.165) is 28.9 Å². The van der Waals surface area contributed by atoms with Crippen LogP contribution in [0.5, 0.6) is 11.6 Å². The van der Waals surface area contributed by atoms with Crippen LogP contribution in [0.3, 0.4) is 0 Å². The first kappa shape index (κ1) is 17.0. The van der Waals surface area contributed by atoms with E-state index in [-0.39, 0.29) is 11.8 Å². The monoisotopic (exact) mass is 312 g/mol. The average Bonchev–Trinajstić information content (AvgIpc) is 2.51. The number of benzene rings is 1. The fourth-order valence-electron chi connectivity index (χ4n) is 2.28. The summed E-state index contributed by atoms with van der Waals surface area (Å²) >= 11 is 0. The van der Waals surface area contributed by atoms with E-state index in [1.54, 1.807) is 6.20 Å². The van der Waals surface area contributed by atoms with Crippen molar-refractivity contribution in [1.29, 1.82) is 0 Å². The number of amides is 1. The standard InChI is InChI=1S/C19H24N2O2/c1-5-15(4)19(22)21-12-16-6-7-20-18(11-16)23-17-9-13(2)8-14(3)10-17/h6-11,15H,5,12H2,1-4H3,(H,21,22). The Kier molecular flexibility index (Phi) is 5.74. The topological polar surface area (TPSA) is 51.2 Å². The van der Waals surface area contributed by atoms with Gasteiger partial charge in [-0.25, -0.2) is 4.98 Å². The number of carbonyl (C=O) groups is 1. The molecule has 0 aliphatic heterocycles. The minimum absolute atomic E-state index is 0.0304. The van der Waals surface area contributed by atoms with Crippen molar-refractivity contribution in [2.75, 3.05) is 0 Å². The van der Waals surface area contributed by atoms with Gasteiger partial charge in [0, 0.05) is 24.7 Å². The molecular formula is C19H24N2O2. The van der Waals surface area contributed by atoms with E-state index < -0.39 is 0 Å². The molecule has 0 saturated heterocycles. The molecule has 0 aliphatic rings. The Morgan fingerprint density at radius 2 is 1.91 bits per heavy atom. The van der Waals surface area contributed by atoms with Crippen LogP contribution in [0, 0.1) is 19.8 Å². The maximum absolute atomic E-state index is 11.8. The van der Waals surface area contributed by atoms with Gasteiger partial charge in [0.2, 0.25) is 11.8 Å². The van der Waals surface area contributed by atoms with Crippen LogP contribution >= 0.6 is 0 Å². The normalized spacial score (nSPS) is 11.8. The third-order valence-electron chi connectivity index (χ3n) is 3.74. The second-order valence-corrected chi connectivity index (χ2v) is 5.95. The van der Waals surface area contributed by atoms with E-state index in [4.69, 9.17) is 4.74 Å².